The third kappa shape index (κ3) is 3.81. The number of hydrogen-bond donors (Lipinski definition) is 1. The van der Waals surface area contributed by atoms with Crippen LogP contribution in [0.25, 0.3) is 0 Å². The van der Waals surface area contributed by atoms with E-state index in [2.05, 4.69) is 0 Å². The van der Waals surface area contributed by atoms with Crippen molar-refractivity contribution in [3.05, 3.63) is 28.8 Å². The summed E-state index contributed by atoms with van der Waals surface area (Å²) in [7, 11) is 0.500. The van der Waals surface area contributed by atoms with Gasteiger partial charge in [0.05, 0.1) is 19.5 Å². The number of aliphatic hydroxyl groups excluding tert-OH is 1. The molecule has 0 radical (unpaired) electrons. The Bertz CT molecular complexity index is 355. The monoisotopic (exact) mass is 248 g/mol. The average Bonchev–Trinajstić information content (AvgIpc) is 2.21. The van der Waals surface area contributed by atoms with Crippen molar-refractivity contribution in [2.45, 2.75) is 5.75 Å². The Morgan fingerprint density at radius 3 is 2.80 bits per heavy atom. The van der Waals surface area contributed by atoms with Gasteiger partial charge in [-0.3, -0.25) is 4.21 Å². The van der Waals surface area contributed by atoms with Gasteiger partial charge in [0, 0.05) is 21.6 Å². The van der Waals surface area contributed by atoms with Crippen LogP contribution in [0.5, 0.6) is 5.75 Å². The third-order valence-electron chi connectivity index (χ3n) is 1.90. The molecule has 0 aliphatic rings. The largest absolute Gasteiger partial charge is 0.497 e. The fourth-order valence-electron chi connectivity index (χ4n) is 1.12. The minimum Gasteiger partial charge on any atom is -0.497 e. The zero-order chi connectivity index (χ0) is 11.3. The lowest BCUT2D eigenvalue weighted by molar-refractivity contribution is 0.321. The number of benzene rings is 1. The second kappa shape index (κ2) is 6.10. The number of rotatable bonds is 5. The van der Waals surface area contributed by atoms with Gasteiger partial charge in [-0.1, -0.05) is 17.7 Å². The number of halogens is 1. The van der Waals surface area contributed by atoms with E-state index in [1.807, 2.05) is 0 Å². The molecule has 1 rings (SSSR count). The van der Waals surface area contributed by atoms with Crippen molar-refractivity contribution in [1.82, 2.24) is 0 Å². The Balaban J connectivity index is 2.73. The fraction of sp³-hybridized carbons (Fsp3) is 0.400. The Labute approximate surface area is 96.5 Å². The molecular formula is C10H13ClO3S. The molecule has 0 spiro atoms. The third-order valence-corrected chi connectivity index (χ3v) is 3.52. The quantitative estimate of drug-likeness (QED) is 0.861. The van der Waals surface area contributed by atoms with Crippen molar-refractivity contribution in [3.8, 4) is 5.75 Å². The van der Waals surface area contributed by atoms with Crippen molar-refractivity contribution < 1.29 is 14.1 Å². The van der Waals surface area contributed by atoms with Crippen molar-refractivity contribution in [2.75, 3.05) is 19.5 Å². The van der Waals surface area contributed by atoms with Crippen LogP contribution in [0.1, 0.15) is 5.56 Å². The van der Waals surface area contributed by atoms with E-state index in [0.29, 0.717) is 16.5 Å². The zero-order valence-corrected chi connectivity index (χ0v) is 9.98. The summed E-state index contributed by atoms with van der Waals surface area (Å²) in [4.78, 5) is 0. The Morgan fingerprint density at radius 2 is 2.27 bits per heavy atom. The van der Waals surface area contributed by atoms with Gasteiger partial charge in [-0.05, 0) is 17.7 Å². The molecule has 0 amide bonds. The van der Waals surface area contributed by atoms with Crippen LogP contribution in [0.2, 0.25) is 5.02 Å². The minimum absolute atomic E-state index is 0.0691. The summed E-state index contributed by atoms with van der Waals surface area (Å²) in [6, 6.07) is 5.25. The molecule has 1 aromatic carbocycles. The molecule has 0 saturated carbocycles. The average molecular weight is 249 g/mol. The molecule has 1 N–H and O–H groups in total. The van der Waals surface area contributed by atoms with Gasteiger partial charge >= 0.3 is 0 Å². The second-order valence-electron chi connectivity index (χ2n) is 2.97. The summed E-state index contributed by atoms with van der Waals surface area (Å²) < 4.78 is 16.4. The van der Waals surface area contributed by atoms with Crippen molar-refractivity contribution >= 4 is 22.4 Å². The number of ether oxygens (including phenoxy) is 1. The number of aliphatic hydroxyl groups is 1. The topological polar surface area (TPSA) is 46.5 Å². The molecule has 0 aromatic heterocycles. The summed E-state index contributed by atoms with van der Waals surface area (Å²) >= 11 is 5.98. The van der Waals surface area contributed by atoms with E-state index >= 15 is 0 Å². The molecule has 0 fully saturated rings. The summed E-state index contributed by atoms with van der Waals surface area (Å²) in [5.41, 5.74) is 0.809. The van der Waals surface area contributed by atoms with E-state index in [1.54, 1.807) is 25.3 Å². The van der Waals surface area contributed by atoms with Crippen LogP contribution >= 0.6 is 11.6 Å². The zero-order valence-electron chi connectivity index (χ0n) is 8.40. The maximum atomic E-state index is 11.4. The molecule has 1 aromatic rings. The van der Waals surface area contributed by atoms with Crippen LogP contribution < -0.4 is 4.74 Å². The summed E-state index contributed by atoms with van der Waals surface area (Å²) in [6.07, 6.45) is 0. The van der Waals surface area contributed by atoms with Gasteiger partial charge in [0.25, 0.3) is 0 Å². The van der Waals surface area contributed by atoms with E-state index in [0.717, 1.165) is 5.56 Å². The van der Waals surface area contributed by atoms with Gasteiger partial charge in [0.15, 0.2) is 0 Å². The van der Waals surface area contributed by atoms with E-state index in [-0.39, 0.29) is 12.4 Å². The predicted octanol–water partition coefficient (Wildman–Crippen LogP) is 1.59. The molecular weight excluding hydrogens is 236 g/mol. The fourth-order valence-corrected chi connectivity index (χ4v) is 2.38. The highest BCUT2D eigenvalue weighted by Gasteiger charge is 2.06. The van der Waals surface area contributed by atoms with Gasteiger partial charge in [-0.15, -0.1) is 0 Å². The standard InChI is InChI=1S/C10H13ClO3S/c1-14-9-3-2-8(10(11)6-9)7-15(13)5-4-12/h2-3,6,12H,4-5,7H2,1H3/t15-/m1/s1. The van der Waals surface area contributed by atoms with Crippen LogP contribution in [0.15, 0.2) is 18.2 Å². The van der Waals surface area contributed by atoms with E-state index in [1.165, 1.54) is 0 Å². The maximum Gasteiger partial charge on any atom is 0.120 e. The SMILES string of the molecule is COc1ccc(C[S@](=O)CCO)c(Cl)c1. The van der Waals surface area contributed by atoms with Crippen molar-refractivity contribution in [3.63, 3.8) is 0 Å². The Morgan fingerprint density at radius 1 is 1.53 bits per heavy atom. The Hall–Kier alpha value is -0.580. The molecule has 84 valence electrons. The second-order valence-corrected chi connectivity index (χ2v) is 4.95. The van der Waals surface area contributed by atoms with Crippen LogP contribution in [-0.4, -0.2) is 28.8 Å². The summed E-state index contributed by atoms with van der Waals surface area (Å²) in [6.45, 7) is -0.0691. The van der Waals surface area contributed by atoms with Gasteiger partial charge < -0.3 is 9.84 Å². The van der Waals surface area contributed by atoms with Gasteiger partial charge in [-0.2, -0.15) is 0 Å². The van der Waals surface area contributed by atoms with Gasteiger partial charge in [0.2, 0.25) is 0 Å². The van der Waals surface area contributed by atoms with Crippen LogP contribution in [0.4, 0.5) is 0 Å². The molecule has 1 atom stereocenters. The molecule has 0 saturated heterocycles. The van der Waals surface area contributed by atoms with E-state index in [9.17, 15) is 4.21 Å². The predicted molar refractivity (Wildman–Crippen MR) is 61.8 cm³/mol. The van der Waals surface area contributed by atoms with Crippen molar-refractivity contribution in [1.29, 1.82) is 0 Å². The lowest BCUT2D eigenvalue weighted by atomic mass is 10.2. The molecule has 0 heterocycles. The summed E-state index contributed by atoms with van der Waals surface area (Å²) in [5.74, 6) is 1.32. The molecule has 0 aliphatic carbocycles. The first kappa shape index (κ1) is 12.5. The van der Waals surface area contributed by atoms with Crippen molar-refractivity contribution in [2.24, 2.45) is 0 Å². The van der Waals surface area contributed by atoms with Crippen LogP contribution in [0, 0.1) is 0 Å². The summed E-state index contributed by atoms with van der Waals surface area (Å²) in [5, 5.41) is 9.16. The minimum atomic E-state index is -1.07. The molecule has 0 bridgehead atoms. The number of hydrogen-bond acceptors (Lipinski definition) is 3. The first-order valence-corrected chi connectivity index (χ1v) is 6.32. The highest BCUT2D eigenvalue weighted by Crippen LogP contribution is 2.23. The molecule has 3 nitrogen and oxygen atoms in total. The molecule has 15 heavy (non-hydrogen) atoms. The molecule has 5 heteroatoms. The normalized spacial score (nSPS) is 12.5. The lowest BCUT2D eigenvalue weighted by Crippen LogP contribution is -2.04. The van der Waals surface area contributed by atoms with Crippen LogP contribution in [0.3, 0.4) is 0 Å². The molecule has 0 aliphatic heterocycles. The highest BCUT2D eigenvalue weighted by molar-refractivity contribution is 7.84. The van der Waals surface area contributed by atoms with Gasteiger partial charge in [0.1, 0.15) is 5.75 Å². The smallest absolute Gasteiger partial charge is 0.120 e. The Kier molecular flexibility index (Phi) is 5.08. The highest BCUT2D eigenvalue weighted by atomic mass is 35.5. The first-order valence-electron chi connectivity index (χ1n) is 4.45. The maximum absolute atomic E-state index is 11.4. The molecule has 0 unspecified atom stereocenters. The lowest BCUT2D eigenvalue weighted by Gasteiger charge is -2.06. The van der Waals surface area contributed by atoms with Crippen LogP contribution in [-0.2, 0) is 16.6 Å². The van der Waals surface area contributed by atoms with Gasteiger partial charge in [-0.25, -0.2) is 0 Å². The number of methoxy groups -OCH3 is 1. The van der Waals surface area contributed by atoms with E-state index < -0.39 is 10.8 Å². The van der Waals surface area contributed by atoms with E-state index in [4.69, 9.17) is 21.4 Å². The first-order chi connectivity index (χ1) is 7.17.